The molecule has 0 bridgehead atoms. The molecule has 2 aromatic rings. The van der Waals surface area contributed by atoms with E-state index in [1.165, 1.54) is 4.31 Å². The minimum absolute atomic E-state index is 0.119. The highest BCUT2D eigenvalue weighted by atomic mass is 35.5. The second kappa shape index (κ2) is 7.45. The fourth-order valence-corrected chi connectivity index (χ4v) is 4.63. The maximum atomic E-state index is 12.7. The third-order valence-corrected chi connectivity index (χ3v) is 6.24. The molecule has 1 aliphatic rings. The van der Waals surface area contributed by atoms with E-state index in [0.29, 0.717) is 17.3 Å². The Morgan fingerprint density at radius 2 is 1.84 bits per heavy atom. The van der Waals surface area contributed by atoms with Crippen LogP contribution in [0, 0.1) is 0 Å². The smallest absolute Gasteiger partial charge is 0.235 e. The van der Waals surface area contributed by atoms with E-state index in [-0.39, 0.29) is 18.1 Å². The number of hydrogen-bond donors (Lipinski definition) is 1. The Morgan fingerprint density at radius 1 is 1.12 bits per heavy atom. The number of fused-ring (bicyclic) bond motifs is 1. The summed E-state index contributed by atoms with van der Waals surface area (Å²) in [7, 11) is -3.55. The summed E-state index contributed by atoms with van der Waals surface area (Å²) in [6, 6.07) is 14.4. The van der Waals surface area contributed by atoms with Crippen LogP contribution in [0.15, 0.2) is 48.5 Å². The van der Waals surface area contributed by atoms with Crippen molar-refractivity contribution >= 4 is 38.9 Å². The maximum absolute atomic E-state index is 12.7. The summed E-state index contributed by atoms with van der Waals surface area (Å²) >= 11 is 6.00. The fourth-order valence-electron chi connectivity index (χ4n) is 2.90. The molecular weight excluding hydrogens is 360 g/mol. The molecule has 1 amide bonds. The maximum Gasteiger partial charge on any atom is 0.235 e. The minimum Gasteiger partial charge on any atom is -0.325 e. The average molecular weight is 379 g/mol. The first-order chi connectivity index (χ1) is 12.0. The highest BCUT2D eigenvalue weighted by Gasteiger charge is 2.27. The number of nitrogens with one attached hydrogen (secondary N) is 1. The normalized spacial score (nSPS) is 14.0. The number of sulfonamides is 1. The predicted molar refractivity (Wildman–Crippen MR) is 101 cm³/mol. The van der Waals surface area contributed by atoms with Gasteiger partial charge in [-0.1, -0.05) is 41.9 Å². The minimum atomic E-state index is -3.55. The van der Waals surface area contributed by atoms with Crippen molar-refractivity contribution in [1.82, 2.24) is 0 Å². The molecule has 2 aromatic carbocycles. The summed E-state index contributed by atoms with van der Waals surface area (Å²) in [6.45, 7) is 0.450. The van der Waals surface area contributed by atoms with Gasteiger partial charge in [0, 0.05) is 13.0 Å². The van der Waals surface area contributed by atoms with Gasteiger partial charge in [-0.25, -0.2) is 8.42 Å². The van der Waals surface area contributed by atoms with Crippen LogP contribution in [0.3, 0.4) is 0 Å². The number of halogens is 1. The van der Waals surface area contributed by atoms with Crippen molar-refractivity contribution < 1.29 is 13.2 Å². The van der Waals surface area contributed by atoms with Gasteiger partial charge in [-0.2, -0.15) is 0 Å². The molecule has 0 spiro atoms. The van der Waals surface area contributed by atoms with Crippen LogP contribution in [0.25, 0.3) is 0 Å². The van der Waals surface area contributed by atoms with E-state index in [2.05, 4.69) is 5.32 Å². The van der Waals surface area contributed by atoms with Crippen molar-refractivity contribution in [1.29, 1.82) is 0 Å². The highest BCUT2D eigenvalue weighted by molar-refractivity contribution is 7.92. The molecule has 0 atom stereocenters. The zero-order chi connectivity index (χ0) is 17.9. The van der Waals surface area contributed by atoms with Crippen LogP contribution in [0.5, 0.6) is 0 Å². The van der Waals surface area contributed by atoms with Gasteiger partial charge < -0.3 is 5.32 Å². The molecular formula is C18H19ClN2O3S. The van der Waals surface area contributed by atoms with Crippen molar-refractivity contribution in [2.24, 2.45) is 0 Å². The lowest BCUT2D eigenvalue weighted by Gasteiger charge is -2.30. The SMILES string of the molecule is O=C(CCS(=O)(=O)N1CCCc2ccccc21)Nc1ccccc1Cl. The lowest BCUT2D eigenvalue weighted by molar-refractivity contribution is -0.115. The molecule has 5 nitrogen and oxygen atoms in total. The van der Waals surface area contributed by atoms with E-state index in [0.717, 1.165) is 24.1 Å². The zero-order valence-corrected chi connectivity index (χ0v) is 15.2. The Hall–Kier alpha value is -2.05. The molecule has 132 valence electrons. The first-order valence-electron chi connectivity index (χ1n) is 8.10. The molecule has 1 aliphatic heterocycles. The molecule has 0 unspecified atom stereocenters. The Labute approximate surface area is 152 Å². The van der Waals surface area contributed by atoms with Crippen LogP contribution < -0.4 is 9.62 Å². The number of hydrogen-bond acceptors (Lipinski definition) is 3. The van der Waals surface area contributed by atoms with Crippen LogP contribution in [-0.2, 0) is 21.2 Å². The van der Waals surface area contributed by atoms with E-state index in [4.69, 9.17) is 11.6 Å². The van der Waals surface area contributed by atoms with Crippen LogP contribution in [-0.4, -0.2) is 26.6 Å². The number of anilines is 2. The summed E-state index contributed by atoms with van der Waals surface area (Å²) in [5, 5.41) is 3.07. The van der Waals surface area contributed by atoms with Crippen molar-refractivity contribution in [3.05, 3.63) is 59.1 Å². The highest BCUT2D eigenvalue weighted by Crippen LogP contribution is 2.29. The van der Waals surface area contributed by atoms with E-state index < -0.39 is 10.0 Å². The van der Waals surface area contributed by atoms with Gasteiger partial charge in [0.05, 0.1) is 22.2 Å². The second-order valence-corrected chi connectivity index (χ2v) is 8.32. The van der Waals surface area contributed by atoms with Crippen LogP contribution >= 0.6 is 11.6 Å². The van der Waals surface area contributed by atoms with Crippen molar-refractivity contribution in [3.63, 3.8) is 0 Å². The lowest BCUT2D eigenvalue weighted by Crippen LogP contribution is -2.37. The van der Waals surface area contributed by atoms with Crippen LogP contribution in [0.4, 0.5) is 11.4 Å². The van der Waals surface area contributed by atoms with E-state index >= 15 is 0 Å². The monoisotopic (exact) mass is 378 g/mol. The van der Waals surface area contributed by atoms with Crippen LogP contribution in [0.1, 0.15) is 18.4 Å². The molecule has 0 saturated heterocycles. The molecule has 0 aromatic heterocycles. The molecule has 0 radical (unpaired) electrons. The van der Waals surface area contributed by atoms with Crippen molar-refractivity contribution in [3.8, 4) is 0 Å². The third kappa shape index (κ3) is 4.14. The summed E-state index contributed by atoms with van der Waals surface area (Å²) in [5.74, 6) is -0.612. The van der Waals surface area contributed by atoms with E-state index in [1.807, 2.05) is 24.3 Å². The van der Waals surface area contributed by atoms with Gasteiger partial charge in [-0.15, -0.1) is 0 Å². The number of nitrogens with zero attached hydrogens (tertiary/aromatic N) is 1. The number of amides is 1. The number of aryl methyl sites for hydroxylation is 1. The average Bonchev–Trinajstić information content (AvgIpc) is 2.61. The lowest BCUT2D eigenvalue weighted by atomic mass is 10.0. The standard InChI is InChI=1S/C18H19ClN2O3S/c19-15-8-2-3-9-16(15)20-18(22)11-13-25(23,24)21-12-5-7-14-6-1-4-10-17(14)21/h1-4,6,8-10H,5,7,11-13H2,(H,20,22). The second-order valence-electron chi connectivity index (χ2n) is 5.90. The zero-order valence-electron chi connectivity index (χ0n) is 13.6. The molecule has 3 rings (SSSR count). The number of carbonyl (C=O) groups excluding carboxylic acids is 1. The fraction of sp³-hybridized carbons (Fsp3) is 0.278. The van der Waals surface area contributed by atoms with Gasteiger partial charge >= 0.3 is 0 Å². The van der Waals surface area contributed by atoms with Gasteiger partial charge in [0.15, 0.2) is 0 Å². The quantitative estimate of drug-likeness (QED) is 0.866. The summed E-state index contributed by atoms with van der Waals surface area (Å²) in [5.41, 5.74) is 2.23. The third-order valence-electron chi connectivity index (χ3n) is 4.14. The first-order valence-corrected chi connectivity index (χ1v) is 10.1. The Morgan fingerprint density at radius 3 is 2.64 bits per heavy atom. The largest absolute Gasteiger partial charge is 0.325 e. The molecule has 1 N–H and O–H groups in total. The van der Waals surface area contributed by atoms with Gasteiger partial charge in [0.25, 0.3) is 0 Å². The molecule has 0 saturated carbocycles. The van der Waals surface area contributed by atoms with Gasteiger partial charge in [0.1, 0.15) is 0 Å². The Kier molecular flexibility index (Phi) is 5.30. The molecule has 7 heteroatoms. The molecule has 1 heterocycles. The molecule has 0 aliphatic carbocycles. The van der Waals surface area contributed by atoms with Crippen molar-refractivity contribution in [2.75, 3.05) is 21.9 Å². The predicted octanol–water partition coefficient (Wildman–Crippen LogP) is 3.45. The van der Waals surface area contributed by atoms with Gasteiger partial charge in [-0.3, -0.25) is 9.10 Å². The van der Waals surface area contributed by atoms with Crippen molar-refractivity contribution in [2.45, 2.75) is 19.3 Å². The number of rotatable bonds is 5. The summed E-state index contributed by atoms with van der Waals surface area (Å²) in [6.07, 6.45) is 1.53. The van der Waals surface area contributed by atoms with E-state index in [9.17, 15) is 13.2 Å². The van der Waals surface area contributed by atoms with Crippen LogP contribution in [0.2, 0.25) is 5.02 Å². The molecule has 25 heavy (non-hydrogen) atoms. The topological polar surface area (TPSA) is 66.5 Å². The summed E-state index contributed by atoms with van der Waals surface area (Å²) < 4.78 is 26.8. The Bertz CT molecular complexity index is 883. The van der Waals surface area contributed by atoms with Gasteiger partial charge in [-0.05, 0) is 36.6 Å². The van der Waals surface area contributed by atoms with E-state index in [1.54, 1.807) is 24.3 Å². The molecule has 0 fully saturated rings. The first kappa shape index (κ1) is 17.8. The van der Waals surface area contributed by atoms with Gasteiger partial charge in [0.2, 0.25) is 15.9 Å². The Balaban J connectivity index is 1.67. The number of benzene rings is 2. The number of carbonyl (C=O) groups is 1. The summed E-state index contributed by atoms with van der Waals surface area (Å²) in [4.78, 5) is 12.1. The number of para-hydroxylation sites is 2.